The summed E-state index contributed by atoms with van der Waals surface area (Å²) in [6, 6.07) is 15.3. The van der Waals surface area contributed by atoms with Gasteiger partial charge in [-0.3, -0.25) is 4.79 Å². The van der Waals surface area contributed by atoms with Crippen molar-refractivity contribution in [3.8, 4) is 23.1 Å². The SMILES string of the molecule is COc1ccc(Oc2ccc(Cl)cc2NC(=O)c2ccc(OC)nc2)cc1. The molecule has 0 atom stereocenters. The Labute approximate surface area is 161 Å². The average Bonchev–Trinajstić information content (AvgIpc) is 2.70. The second-order valence-corrected chi connectivity index (χ2v) is 5.90. The standard InChI is InChI=1S/C20H17ClN2O4/c1-25-15-5-7-16(8-6-15)27-18-9-4-14(21)11-17(18)23-20(24)13-3-10-19(26-2)22-12-13/h3-12H,1-2H3,(H,23,24). The Balaban J connectivity index is 1.81. The number of nitrogens with zero attached hydrogens (tertiary/aromatic N) is 1. The molecule has 0 bridgehead atoms. The summed E-state index contributed by atoms with van der Waals surface area (Å²) in [5.74, 6) is 1.86. The van der Waals surface area contributed by atoms with Gasteiger partial charge in [0.2, 0.25) is 5.88 Å². The van der Waals surface area contributed by atoms with Crippen molar-refractivity contribution in [1.29, 1.82) is 0 Å². The van der Waals surface area contributed by atoms with E-state index < -0.39 is 0 Å². The number of aromatic nitrogens is 1. The quantitative estimate of drug-likeness (QED) is 0.661. The molecule has 0 radical (unpaired) electrons. The Bertz CT molecular complexity index is 928. The van der Waals surface area contributed by atoms with E-state index in [1.807, 2.05) is 0 Å². The second kappa shape index (κ2) is 8.42. The minimum Gasteiger partial charge on any atom is -0.497 e. The highest BCUT2D eigenvalue weighted by Crippen LogP contribution is 2.33. The topological polar surface area (TPSA) is 69.7 Å². The number of benzene rings is 2. The molecule has 0 unspecified atom stereocenters. The van der Waals surface area contributed by atoms with E-state index in [0.717, 1.165) is 5.75 Å². The Morgan fingerprint density at radius 1 is 0.963 bits per heavy atom. The number of methoxy groups -OCH3 is 2. The van der Waals surface area contributed by atoms with Gasteiger partial charge >= 0.3 is 0 Å². The number of pyridine rings is 1. The zero-order valence-electron chi connectivity index (χ0n) is 14.7. The van der Waals surface area contributed by atoms with E-state index in [1.54, 1.807) is 61.7 Å². The highest BCUT2D eigenvalue weighted by Gasteiger charge is 2.12. The summed E-state index contributed by atoms with van der Waals surface area (Å²) in [7, 11) is 3.10. The molecule has 7 heteroatoms. The highest BCUT2D eigenvalue weighted by atomic mass is 35.5. The van der Waals surface area contributed by atoms with Crippen LogP contribution in [0.25, 0.3) is 0 Å². The van der Waals surface area contributed by atoms with E-state index in [4.69, 9.17) is 25.8 Å². The molecule has 0 spiro atoms. The fourth-order valence-corrected chi connectivity index (χ4v) is 2.46. The van der Waals surface area contributed by atoms with E-state index in [9.17, 15) is 4.79 Å². The maximum absolute atomic E-state index is 12.5. The first-order chi connectivity index (χ1) is 13.1. The lowest BCUT2D eigenvalue weighted by atomic mass is 10.2. The van der Waals surface area contributed by atoms with Crippen LogP contribution >= 0.6 is 11.6 Å². The molecule has 3 aromatic rings. The number of hydrogen-bond donors (Lipinski definition) is 1. The molecule has 138 valence electrons. The van der Waals surface area contributed by atoms with Crippen LogP contribution in [0.4, 0.5) is 5.69 Å². The van der Waals surface area contributed by atoms with Crippen LogP contribution in [0.2, 0.25) is 5.02 Å². The molecular weight excluding hydrogens is 368 g/mol. The molecule has 27 heavy (non-hydrogen) atoms. The van der Waals surface area contributed by atoms with E-state index >= 15 is 0 Å². The minimum atomic E-state index is -0.341. The molecule has 0 aliphatic heterocycles. The number of carbonyl (C=O) groups excluding carboxylic acids is 1. The normalized spacial score (nSPS) is 10.2. The van der Waals surface area contributed by atoms with Crippen LogP contribution in [-0.2, 0) is 0 Å². The van der Waals surface area contributed by atoms with Gasteiger partial charge in [-0.15, -0.1) is 0 Å². The number of nitrogens with one attached hydrogen (secondary N) is 1. The van der Waals surface area contributed by atoms with Gasteiger partial charge in [-0.05, 0) is 48.5 Å². The third kappa shape index (κ3) is 4.68. The molecule has 2 aromatic carbocycles. The zero-order valence-corrected chi connectivity index (χ0v) is 15.5. The Hall–Kier alpha value is -3.25. The van der Waals surface area contributed by atoms with Crippen molar-refractivity contribution in [3.05, 3.63) is 71.4 Å². The lowest BCUT2D eigenvalue weighted by Gasteiger charge is -2.13. The Morgan fingerprint density at radius 2 is 1.70 bits per heavy atom. The molecular formula is C20H17ClN2O4. The van der Waals surface area contributed by atoms with E-state index in [0.29, 0.717) is 33.7 Å². The Morgan fingerprint density at radius 3 is 2.33 bits per heavy atom. The van der Waals surface area contributed by atoms with Crippen molar-refractivity contribution in [3.63, 3.8) is 0 Å². The lowest BCUT2D eigenvalue weighted by Crippen LogP contribution is -2.13. The summed E-state index contributed by atoms with van der Waals surface area (Å²) < 4.78 is 16.0. The van der Waals surface area contributed by atoms with Gasteiger partial charge in [-0.25, -0.2) is 4.98 Å². The van der Waals surface area contributed by atoms with Crippen LogP contribution in [0.15, 0.2) is 60.8 Å². The second-order valence-electron chi connectivity index (χ2n) is 5.46. The molecule has 1 amide bonds. The lowest BCUT2D eigenvalue weighted by molar-refractivity contribution is 0.102. The summed E-state index contributed by atoms with van der Waals surface area (Å²) >= 11 is 6.08. The third-order valence-corrected chi connectivity index (χ3v) is 3.92. The molecule has 6 nitrogen and oxygen atoms in total. The van der Waals surface area contributed by atoms with Crippen molar-refractivity contribution in [1.82, 2.24) is 4.98 Å². The molecule has 1 heterocycles. The maximum atomic E-state index is 12.5. The summed E-state index contributed by atoms with van der Waals surface area (Å²) in [5.41, 5.74) is 0.824. The summed E-state index contributed by atoms with van der Waals surface area (Å²) in [4.78, 5) is 16.5. The monoisotopic (exact) mass is 384 g/mol. The van der Waals surface area contributed by atoms with Gasteiger partial charge in [0.05, 0.1) is 25.5 Å². The Kier molecular flexibility index (Phi) is 5.78. The van der Waals surface area contributed by atoms with Crippen molar-refractivity contribution >= 4 is 23.2 Å². The van der Waals surface area contributed by atoms with Crippen LogP contribution in [0.3, 0.4) is 0 Å². The van der Waals surface area contributed by atoms with Gasteiger partial charge in [0.1, 0.15) is 11.5 Å². The minimum absolute atomic E-state index is 0.341. The molecule has 0 saturated heterocycles. The predicted octanol–water partition coefficient (Wildman–Crippen LogP) is 4.80. The van der Waals surface area contributed by atoms with Crippen molar-refractivity contribution in [2.45, 2.75) is 0 Å². The first-order valence-electron chi connectivity index (χ1n) is 8.02. The molecule has 0 aliphatic rings. The smallest absolute Gasteiger partial charge is 0.257 e. The fraction of sp³-hybridized carbons (Fsp3) is 0.100. The van der Waals surface area contributed by atoms with Crippen LogP contribution in [0.1, 0.15) is 10.4 Å². The molecule has 0 aliphatic carbocycles. The largest absolute Gasteiger partial charge is 0.497 e. The van der Waals surface area contributed by atoms with E-state index in [-0.39, 0.29) is 5.91 Å². The molecule has 1 aromatic heterocycles. The molecule has 1 N–H and O–H groups in total. The first kappa shape index (κ1) is 18.5. The predicted molar refractivity (Wildman–Crippen MR) is 103 cm³/mol. The van der Waals surface area contributed by atoms with Crippen molar-refractivity contribution < 1.29 is 19.0 Å². The summed E-state index contributed by atoms with van der Waals surface area (Å²) in [5, 5.41) is 3.27. The number of ether oxygens (including phenoxy) is 3. The first-order valence-corrected chi connectivity index (χ1v) is 8.39. The van der Waals surface area contributed by atoms with Gasteiger partial charge in [0.25, 0.3) is 5.91 Å². The number of carbonyl (C=O) groups is 1. The van der Waals surface area contributed by atoms with Gasteiger partial charge in [0, 0.05) is 17.3 Å². The van der Waals surface area contributed by atoms with Crippen LogP contribution in [0.5, 0.6) is 23.1 Å². The van der Waals surface area contributed by atoms with Crippen molar-refractivity contribution in [2.24, 2.45) is 0 Å². The number of rotatable bonds is 6. The summed E-state index contributed by atoms with van der Waals surface area (Å²) in [6.45, 7) is 0. The number of anilines is 1. The van der Waals surface area contributed by atoms with Crippen LogP contribution < -0.4 is 19.5 Å². The average molecular weight is 385 g/mol. The number of hydrogen-bond acceptors (Lipinski definition) is 5. The molecule has 0 fully saturated rings. The zero-order chi connectivity index (χ0) is 19.2. The van der Waals surface area contributed by atoms with E-state index in [2.05, 4.69) is 10.3 Å². The number of halogens is 1. The maximum Gasteiger partial charge on any atom is 0.257 e. The molecule has 0 saturated carbocycles. The van der Waals surface area contributed by atoms with E-state index in [1.165, 1.54) is 13.3 Å². The van der Waals surface area contributed by atoms with Gasteiger partial charge < -0.3 is 19.5 Å². The van der Waals surface area contributed by atoms with Crippen molar-refractivity contribution in [2.75, 3.05) is 19.5 Å². The fourth-order valence-electron chi connectivity index (χ4n) is 2.29. The van der Waals surface area contributed by atoms with Gasteiger partial charge in [0.15, 0.2) is 5.75 Å². The van der Waals surface area contributed by atoms with Gasteiger partial charge in [-0.2, -0.15) is 0 Å². The number of amides is 1. The van der Waals surface area contributed by atoms with Crippen LogP contribution in [0, 0.1) is 0 Å². The third-order valence-electron chi connectivity index (χ3n) is 3.68. The van der Waals surface area contributed by atoms with Gasteiger partial charge in [-0.1, -0.05) is 11.6 Å². The molecule has 3 rings (SSSR count). The van der Waals surface area contributed by atoms with Crippen LogP contribution in [-0.4, -0.2) is 25.1 Å². The summed E-state index contributed by atoms with van der Waals surface area (Å²) in [6.07, 6.45) is 1.43. The highest BCUT2D eigenvalue weighted by molar-refractivity contribution is 6.31.